The van der Waals surface area contributed by atoms with Gasteiger partial charge in [-0.2, -0.15) is 22.0 Å². The first kappa shape index (κ1) is 21.2. The highest BCUT2D eigenvalue weighted by Crippen LogP contribution is 2.48. The molecule has 1 aromatic carbocycles. The molecule has 29 heavy (non-hydrogen) atoms. The van der Waals surface area contributed by atoms with E-state index in [0.717, 1.165) is 6.07 Å². The molecular formula is C18H14F7NO3. The van der Waals surface area contributed by atoms with Crippen LogP contribution in [0.3, 0.4) is 0 Å². The fraction of sp³-hybridized carbons (Fsp3) is 0.389. The smallest absolute Gasteiger partial charge is 0.458 e. The summed E-state index contributed by atoms with van der Waals surface area (Å²) in [6.45, 7) is -3.01. The predicted molar refractivity (Wildman–Crippen MR) is 85.3 cm³/mol. The fourth-order valence-electron chi connectivity index (χ4n) is 2.87. The quantitative estimate of drug-likeness (QED) is 0.727. The van der Waals surface area contributed by atoms with Gasteiger partial charge in [-0.3, -0.25) is 0 Å². The Labute approximate surface area is 159 Å². The molecule has 2 aromatic rings. The second-order valence-electron chi connectivity index (χ2n) is 6.41. The maximum absolute atomic E-state index is 13.8. The number of pyridine rings is 1. The molecule has 0 spiro atoms. The third kappa shape index (κ3) is 3.59. The third-order valence-corrected chi connectivity index (χ3v) is 4.51. The molecule has 0 aliphatic carbocycles. The minimum Gasteiger partial charge on any atom is -0.478 e. The number of benzene rings is 1. The van der Waals surface area contributed by atoms with Crippen molar-refractivity contribution in [3.05, 3.63) is 53.7 Å². The van der Waals surface area contributed by atoms with Crippen LogP contribution in [0.1, 0.15) is 17.2 Å². The van der Waals surface area contributed by atoms with Crippen molar-refractivity contribution in [1.29, 1.82) is 0 Å². The summed E-state index contributed by atoms with van der Waals surface area (Å²) in [4.78, 5) is 3.80. The Morgan fingerprint density at radius 3 is 2.31 bits per heavy atom. The molecule has 0 unspecified atom stereocenters. The molecule has 2 atom stereocenters. The van der Waals surface area contributed by atoms with Crippen molar-refractivity contribution in [2.45, 2.75) is 29.9 Å². The first-order valence-electron chi connectivity index (χ1n) is 8.21. The van der Waals surface area contributed by atoms with Crippen LogP contribution < -0.4 is 9.47 Å². The lowest BCUT2D eigenvalue weighted by Crippen LogP contribution is -2.58. The molecular weight excluding hydrogens is 411 g/mol. The number of hydrogen-bond acceptors (Lipinski definition) is 4. The average molecular weight is 425 g/mol. The largest absolute Gasteiger partial charge is 0.478 e. The summed E-state index contributed by atoms with van der Waals surface area (Å²) in [5.74, 6) is -5.76. The average Bonchev–Trinajstić information content (AvgIpc) is 2.69. The van der Waals surface area contributed by atoms with Gasteiger partial charge in [0.05, 0.1) is 0 Å². The van der Waals surface area contributed by atoms with Crippen molar-refractivity contribution in [3.8, 4) is 11.6 Å². The monoisotopic (exact) mass is 425 g/mol. The maximum Gasteiger partial charge on any atom is 0.458 e. The van der Waals surface area contributed by atoms with Gasteiger partial charge in [0.1, 0.15) is 25.2 Å². The number of rotatable bonds is 5. The van der Waals surface area contributed by atoms with Crippen molar-refractivity contribution in [2.24, 2.45) is 0 Å². The summed E-state index contributed by atoms with van der Waals surface area (Å²) < 4.78 is 103. The standard InChI is InChI=1S/C18H14F7NO3/c19-8-16(9-20)15(27)14(28-13-3-1-2-6-26-13)11-7-10(4-5-12(11)29-16)17(21,22)18(23,24)25/h1-7,14-15,27H,8-9H2/t14-,15+/m0/s1. The van der Waals surface area contributed by atoms with Gasteiger partial charge in [0.15, 0.2) is 11.7 Å². The highest BCUT2D eigenvalue weighted by atomic mass is 19.4. The Morgan fingerprint density at radius 2 is 1.76 bits per heavy atom. The summed E-state index contributed by atoms with van der Waals surface area (Å²) in [6.07, 6.45) is -8.38. The predicted octanol–water partition coefficient (Wildman–Crippen LogP) is 4.29. The number of halogens is 7. The number of aliphatic hydroxyl groups is 1. The number of fused-ring (bicyclic) bond motifs is 1. The number of ether oxygens (including phenoxy) is 2. The second kappa shape index (κ2) is 7.36. The number of aromatic nitrogens is 1. The van der Waals surface area contributed by atoms with Gasteiger partial charge in [-0.25, -0.2) is 13.8 Å². The van der Waals surface area contributed by atoms with Gasteiger partial charge in [-0.1, -0.05) is 6.07 Å². The van der Waals surface area contributed by atoms with Crippen LogP contribution >= 0.6 is 0 Å². The normalized spacial score (nSPS) is 21.2. The molecule has 0 saturated heterocycles. The van der Waals surface area contributed by atoms with E-state index < -0.39 is 60.1 Å². The zero-order chi connectivity index (χ0) is 21.4. The molecule has 1 aromatic heterocycles. The molecule has 0 amide bonds. The van der Waals surface area contributed by atoms with Crippen LogP contribution in [0.2, 0.25) is 0 Å². The topological polar surface area (TPSA) is 51.6 Å². The number of alkyl halides is 7. The highest BCUT2D eigenvalue weighted by Gasteiger charge is 2.59. The molecule has 1 N–H and O–H groups in total. The SMILES string of the molecule is O[C@@H]1[C@@H](Oc2ccccn2)c2cc(C(F)(F)C(F)(F)F)ccc2OC1(CF)CF. The van der Waals surface area contributed by atoms with E-state index >= 15 is 0 Å². The minimum absolute atomic E-state index is 0.149. The Kier molecular flexibility index (Phi) is 5.37. The first-order chi connectivity index (χ1) is 13.6. The maximum atomic E-state index is 13.8. The van der Waals surface area contributed by atoms with E-state index in [1.807, 2.05) is 0 Å². The Bertz CT molecular complexity index is 856. The molecule has 0 bridgehead atoms. The van der Waals surface area contributed by atoms with Gasteiger partial charge < -0.3 is 14.6 Å². The molecule has 0 fully saturated rings. The summed E-state index contributed by atoms with van der Waals surface area (Å²) in [5.41, 5.74) is -4.29. The molecule has 1 aliphatic rings. The lowest BCUT2D eigenvalue weighted by molar-refractivity contribution is -0.289. The zero-order valence-corrected chi connectivity index (χ0v) is 14.5. The molecule has 1 aliphatic heterocycles. The van der Waals surface area contributed by atoms with Gasteiger partial charge in [-0.05, 0) is 24.3 Å². The van der Waals surface area contributed by atoms with E-state index in [4.69, 9.17) is 9.47 Å². The highest BCUT2D eigenvalue weighted by molar-refractivity contribution is 5.44. The van der Waals surface area contributed by atoms with Gasteiger partial charge in [0.2, 0.25) is 5.88 Å². The van der Waals surface area contributed by atoms with Gasteiger partial charge in [0.25, 0.3) is 0 Å². The molecule has 3 rings (SSSR count). The van der Waals surface area contributed by atoms with Crippen LogP contribution in [0.25, 0.3) is 0 Å². The van der Waals surface area contributed by atoms with Gasteiger partial charge in [-0.15, -0.1) is 0 Å². The lowest BCUT2D eigenvalue weighted by atomic mass is 9.86. The lowest BCUT2D eigenvalue weighted by Gasteiger charge is -2.42. The van der Waals surface area contributed by atoms with E-state index in [2.05, 4.69) is 4.98 Å². The van der Waals surface area contributed by atoms with Crippen molar-refractivity contribution in [2.75, 3.05) is 13.3 Å². The van der Waals surface area contributed by atoms with Crippen LogP contribution in [0.4, 0.5) is 30.7 Å². The van der Waals surface area contributed by atoms with Crippen LogP contribution in [-0.4, -0.2) is 41.3 Å². The Hall–Kier alpha value is -2.56. The van der Waals surface area contributed by atoms with E-state index in [-0.39, 0.29) is 5.88 Å². The minimum atomic E-state index is -5.88. The third-order valence-electron chi connectivity index (χ3n) is 4.51. The van der Waals surface area contributed by atoms with Crippen LogP contribution in [-0.2, 0) is 5.92 Å². The van der Waals surface area contributed by atoms with Gasteiger partial charge in [0, 0.05) is 23.4 Å². The summed E-state index contributed by atoms with van der Waals surface area (Å²) in [7, 11) is 0. The summed E-state index contributed by atoms with van der Waals surface area (Å²) in [5, 5.41) is 10.5. The van der Waals surface area contributed by atoms with Crippen LogP contribution in [0, 0.1) is 0 Å². The second-order valence-corrected chi connectivity index (χ2v) is 6.41. The van der Waals surface area contributed by atoms with Gasteiger partial charge >= 0.3 is 12.1 Å². The fourth-order valence-corrected chi connectivity index (χ4v) is 2.87. The van der Waals surface area contributed by atoms with E-state index in [9.17, 15) is 35.8 Å². The molecule has 0 radical (unpaired) electrons. The summed E-state index contributed by atoms with van der Waals surface area (Å²) in [6, 6.07) is 5.88. The van der Waals surface area contributed by atoms with E-state index in [0.29, 0.717) is 12.1 Å². The number of aliphatic hydroxyl groups excluding tert-OH is 1. The Morgan fingerprint density at radius 1 is 1.07 bits per heavy atom. The van der Waals surface area contributed by atoms with E-state index in [1.165, 1.54) is 24.4 Å². The first-order valence-corrected chi connectivity index (χ1v) is 8.21. The number of hydrogen-bond donors (Lipinski definition) is 1. The molecule has 0 saturated carbocycles. The zero-order valence-electron chi connectivity index (χ0n) is 14.5. The van der Waals surface area contributed by atoms with Crippen molar-refractivity contribution < 1.29 is 45.3 Å². The van der Waals surface area contributed by atoms with Crippen molar-refractivity contribution >= 4 is 0 Å². The van der Waals surface area contributed by atoms with Crippen molar-refractivity contribution in [1.82, 2.24) is 4.98 Å². The van der Waals surface area contributed by atoms with E-state index in [1.54, 1.807) is 0 Å². The van der Waals surface area contributed by atoms with Crippen molar-refractivity contribution in [3.63, 3.8) is 0 Å². The molecule has 2 heterocycles. The molecule has 4 nitrogen and oxygen atoms in total. The number of nitrogens with zero attached hydrogens (tertiary/aromatic N) is 1. The summed E-state index contributed by atoms with van der Waals surface area (Å²) >= 11 is 0. The van der Waals surface area contributed by atoms with Crippen LogP contribution in [0.5, 0.6) is 11.6 Å². The Balaban J connectivity index is 2.12. The molecule has 158 valence electrons. The van der Waals surface area contributed by atoms with Crippen LogP contribution in [0.15, 0.2) is 42.6 Å². The molecule has 11 heteroatoms.